The standard InChI is InChI=1S/C20H26N2O3/c1-14(2)25-19-13-9-7-11-17(19)21-20(23)22(4)15(3)16-10-6-8-12-18(16)24-5/h6-15H,1-5H3,(H,21,23)/t15-/m1/s1. The van der Waals surface area contributed by atoms with E-state index in [0.29, 0.717) is 11.4 Å². The van der Waals surface area contributed by atoms with Gasteiger partial charge in [-0.3, -0.25) is 0 Å². The molecular formula is C20H26N2O3. The van der Waals surface area contributed by atoms with Crippen LogP contribution in [0.2, 0.25) is 0 Å². The zero-order chi connectivity index (χ0) is 18.4. The summed E-state index contributed by atoms with van der Waals surface area (Å²) in [5, 5.41) is 2.92. The molecular weight excluding hydrogens is 316 g/mol. The van der Waals surface area contributed by atoms with E-state index in [1.807, 2.05) is 69.3 Å². The highest BCUT2D eigenvalue weighted by Crippen LogP contribution is 2.30. The van der Waals surface area contributed by atoms with Gasteiger partial charge in [0.05, 0.1) is 24.9 Å². The Morgan fingerprint density at radius 1 is 1.00 bits per heavy atom. The Morgan fingerprint density at radius 2 is 1.60 bits per heavy atom. The Bertz CT molecular complexity index is 716. The fourth-order valence-electron chi connectivity index (χ4n) is 2.53. The highest BCUT2D eigenvalue weighted by molar-refractivity contribution is 5.91. The summed E-state index contributed by atoms with van der Waals surface area (Å²) < 4.78 is 11.2. The molecule has 0 aliphatic heterocycles. The maximum atomic E-state index is 12.7. The molecule has 1 N–H and O–H groups in total. The summed E-state index contributed by atoms with van der Waals surface area (Å²) in [6.45, 7) is 5.87. The molecule has 0 aliphatic carbocycles. The van der Waals surface area contributed by atoms with Crippen LogP contribution in [0.15, 0.2) is 48.5 Å². The summed E-state index contributed by atoms with van der Waals surface area (Å²) >= 11 is 0. The number of hydrogen-bond acceptors (Lipinski definition) is 3. The largest absolute Gasteiger partial charge is 0.496 e. The Labute approximate surface area is 149 Å². The second-order valence-corrected chi connectivity index (χ2v) is 6.12. The molecule has 2 aromatic rings. The number of hydrogen-bond donors (Lipinski definition) is 1. The van der Waals surface area contributed by atoms with Crippen LogP contribution in [0.3, 0.4) is 0 Å². The molecule has 0 radical (unpaired) electrons. The van der Waals surface area contributed by atoms with Crippen molar-refractivity contribution in [2.24, 2.45) is 0 Å². The first-order valence-electron chi connectivity index (χ1n) is 8.36. The SMILES string of the molecule is COc1ccccc1[C@@H](C)N(C)C(=O)Nc1ccccc1OC(C)C. The second-order valence-electron chi connectivity index (χ2n) is 6.12. The maximum Gasteiger partial charge on any atom is 0.322 e. The van der Waals surface area contributed by atoms with Crippen molar-refractivity contribution >= 4 is 11.7 Å². The average Bonchev–Trinajstić information content (AvgIpc) is 2.61. The topological polar surface area (TPSA) is 50.8 Å². The number of carbonyl (C=O) groups is 1. The van der Waals surface area contributed by atoms with Crippen molar-refractivity contribution in [3.8, 4) is 11.5 Å². The van der Waals surface area contributed by atoms with Crippen molar-refractivity contribution in [3.63, 3.8) is 0 Å². The summed E-state index contributed by atoms with van der Waals surface area (Å²) in [6.07, 6.45) is 0.0308. The molecule has 0 saturated heterocycles. The van der Waals surface area contributed by atoms with Crippen LogP contribution < -0.4 is 14.8 Å². The molecule has 0 aliphatic rings. The number of methoxy groups -OCH3 is 1. The van der Waals surface area contributed by atoms with E-state index in [1.165, 1.54) is 0 Å². The number of urea groups is 1. The number of para-hydroxylation sites is 3. The van der Waals surface area contributed by atoms with Crippen molar-refractivity contribution in [1.82, 2.24) is 4.90 Å². The van der Waals surface area contributed by atoms with Crippen molar-refractivity contribution < 1.29 is 14.3 Å². The van der Waals surface area contributed by atoms with Gasteiger partial charge in [0.2, 0.25) is 0 Å². The van der Waals surface area contributed by atoms with Crippen LogP contribution in [0.4, 0.5) is 10.5 Å². The fourth-order valence-corrected chi connectivity index (χ4v) is 2.53. The van der Waals surface area contributed by atoms with Crippen LogP contribution in [-0.2, 0) is 0 Å². The van der Waals surface area contributed by atoms with Crippen LogP contribution in [0.25, 0.3) is 0 Å². The molecule has 5 heteroatoms. The molecule has 25 heavy (non-hydrogen) atoms. The normalized spacial score (nSPS) is 11.8. The second kappa shape index (κ2) is 8.42. The van der Waals surface area contributed by atoms with Crippen LogP contribution in [-0.4, -0.2) is 31.2 Å². The first-order chi connectivity index (χ1) is 11.9. The summed E-state index contributed by atoms with van der Waals surface area (Å²) in [4.78, 5) is 14.3. The number of nitrogens with one attached hydrogen (secondary N) is 1. The number of rotatable bonds is 6. The van der Waals surface area contributed by atoms with E-state index >= 15 is 0 Å². The molecule has 1 atom stereocenters. The summed E-state index contributed by atoms with van der Waals surface area (Å²) in [7, 11) is 3.39. The molecule has 0 spiro atoms. The number of carbonyl (C=O) groups excluding carboxylic acids is 1. The van der Waals surface area contributed by atoms with E-state index in [0.717, 1.165) is 11.3 Å². The van der Waals surface area contributed by atoms with Gasteiger partial charge in [-0.1, -0.05) is 30.3 Å². The molecule has 0 saturated carbocycles. The molecule has 2 rings (SSSR count). The minimum atomic E-state index is -0.210. The number of benzene rings is 2. The van der Waals surface area contributed by atoms with Gasteiger partial charge in [0.25, 0.3) is 0 Å². The molecule has 0 aromatic heterocycles. The minimum Gasteiger partial charge on any atom is -0.496 e. The third-order valence-electron chi connectivity index (χ3n) is 3.98. The first kappa shape index (κ1) is 18.6. The van der Waals surface area contributed by atoms with Gasteiger partial charge >= 0.3 is 6.03 Å². The number of nitrogens with zero attached hydrogens (tertiary/aromatic N) is 1. The van der Waals surface area contributed by atoms with Crippen molar-refractivity contribution in [3.05, 3.63) is 54.1 Å². The number of anilines is 1. The Hall–Kier alpha value is -2.69. The zero-order valence-corrected chi connectivity index (χ0v) is 15.4. The third kappa shape index (κ3) is 4.66. The zero-order valence-electron chi connectivity index (χ0n) is 15.4. The monoisotopic (exact) mass is 342 g/mol. The van der Waals surface area contributed by atoms with Gasteiger partial charge in [-0.05, 0) is 39.0 Å². The summed E-state index contributed by atoms with van der Waals surface area (Å²) in [5.41, 5.74) is 1.61. The van der Waals surface area contributed by atoms with Gasteiger partial charge in [-0.2, -0.15) is 0 Å². The van der Waals surface area contributed by atoms with Crippen LogP contribution in [0, 0.1) is 0 Å². The van der Waals surface area contributed by atoms with Gasteiger partial charge in [0.15, 0.2) is 0 Å². The fraction of sp³-hybridized carbons (Fsp3) is 0.350. The van der Waals surface area contributed by atoms with Gasteiger partial charge in [-0.15, -0.1) is 0 Å². The van der Waals surface area contributed by atoms with E-state index in [-0.39, 0.29) is 18.2 Å². The lowest BCUT2D eigenvalue weighted by molar-refractivity contribution is 0.206. The van der Waals surface area contributed by atoms with Crippen LogP contribution in [0.1, 0.15) is 32.4 Å². The van der Waals surface area contributed by atoms with Crippen LogP contribution in [0.5, 0.6) is 11.5 Å². The van der Waals surface area contributed by atoms with E-state index in [1.54, 1.807) is 19.1 Å². The van der Waals surface area contributed by atoms with Crippen molar-refractivity contribution in [2.45, 2.75) is 32.9 Å². The van der Waals surface area contributed by atoms with E-state index in [2.05, 4.69) is 5.32 Å². The van der Waals surface area contributed by atoms with E-state index in [4.69, 9.17) is 9.47 Å². The average molecular weight is 342 g/mol. The quantitative estimate of drug-likeness (QED) is 0.827. The van der Waals surface area contributed by atoms with Gasteiger partial charge in [0.1, 0.15) is 11.5 Å². The number of ether oxygens (including phenoxy) is 2. The third-order valence-corrected chi connectivity index (χ3v) is 3.98. The van der Waals surface area contributed by atoms with Crippen LogP contribution >= 0.6 is 0 Å². The van der Waals surface area contributed by atoms with Gasteiger partial charge < -0.3 is 19.7 Å². The first-order valence-corrected chi connectivity index (χ1v) is 8.36. The van der Waals surface area contributed by atoms with Gasteiger partial charge in [0, 0.05) is 12.6 Å². The smallest absolute Gasteiger partial charge is 0.322 e. The van der Waals surface area contributed by atoms with Crippen molar-refractivity contribution in [2.75, 3.05) is 19.5 Å². The highest BCUT2D eigenvalue weighted by atomic mass is 16.5. The molecule has 0 bridgehead atoms. The lowest BCUT2D eigenvalue weighted by Crippen LogP contribution is -2.34. The van der Waals surface area contributed by atoms with E-state index in [9.17, 15) is 4.79 Å². The predicted molar refractivity (Wildman–Crippen MR) is 100 cm³/mol. The summed E-state index contributed by atoms with van der Waals surface area (Å²) in [5.74, 6) is 1.42. The van der Waals surface area contributed by atoms with E-state index < -0.39 is 0 Å². The Morgan fingerprint density at radius 3 is 2.24 bits per heavy atom. The number of amides is 2. The maximum absolute atomic E-state index is 12.7. The molecule has 0 heterocycles. The Kier molecular flexibility index (Phi) is 6.28. The molecule has 2 aromatic carbocycles. The molecule has 134 valence electrons. The molecule has 0 unspecified atom stereocenters. The van der Waals surface area contributed by atoms with Gasteiger partial charge in [-0.25, -0.2) is 4.79 Å². The molecule has 5 nitrogen and oxygen atoms in total. The summed E-state index contributed by atoms with van der Waals surface area (Å²) in [6, 6.07) is 14.8. The highest BCUT2D eigenvalue weighted by Gasteiger charge is 2.21. The Balaban J connectivity index is 2.15. The minimum absolute atomic E-state index is 0.0308. The molecule has 0 fully saturated rings. The lowest BCUT2D eigenvalue weighted by atomic mass is 10.1. The van der Waals surface area contributed by atoms with Crippen molar-refractivity contribution in [1.29, 1.82) is 0 Å². The predicted octanol–water partition coefficient (Wildman–Crippen LogP) is 4.71. The lowest BCUT2D eigenvalue weighted by Gasteiger charge is -2.27. The molecule has 2 amide bonds.